The molecule has 0 radical (unpaired) electrons. The Balaban J connectivity index is 1.22. The first kappa shape index (κ1) is 22.4. The number of aromatic nitrogens is 1. The normalized spacial score (nSPS) is 20.9. The molecule has 2 saturated heterocycles. The van der Waals surface area contributed by atoms with Gasteiger partial charge in [-0.3, -0.25) is 4.79 Å². The van der Waals surface area contributed by atoms with Gasteiger partial charge in [0.15, 0.2) is 0 Å². The summed E-state index contributed by atoms with van der Waals surface area (Å²) < 4.78 is 41.5. The van der Waals surface area contributed by atoms with Crippen molar-refractivity contribution in [3.8, 4) is 0 Å². The fraction of sp³-hybridized carbons (Fsp3) is 0.417. The second kappa shape index (κ2) is 9.12. The first-order valence-electron chi connectivity index (χ1n) is 11.3. The van der Waals surface area contributed by atoms with E-state index < -0.39 is 15.8 Å². The van der Waals surface area contributed by atoms with E-state index in [-0.39, 0.29) is 22.6 Å². The number of amides is 1. The van der Waals surface area contributed by atoms with E-state index in [4.69, 9.17) is 4.98 Å². The van der Waals surface area contributed by atoms with Crippen molar-refractivity contribution in [3.63, 3.8) is 0 Å². The number of piperidine rings is 2. The number of rotatable bonds is 4. The molecule has 2 aliphatic heterocycles. The van der Waals surface area contributed by atoms with Crippen LogP contribution in [0.1, 0.15) is 36.6 Å². The number of thiazole rings is 1. The number of hydrogen-bond acceptors (Lipinski definition) is 5. The van der Waals surface area contributed by atoms with E-state index >= 15 is 0 Å². The minimum atomic E-state index is -3.68. The van der Waals surface area contributed by atoms with Crippen LogP contribution in [0.25, 0.3) is 10.2 Å². The van der Waals surface area contributed by atoms with E-state index in [9.17, 15) is 17.6 Å². The SMILES string of the molecule is O=C(C1CCN(S(=O)(=O)c2ccc(F)cc2)CC1)N1CCC[C@@H](c2nc3ccccc3s2)C1. The van der Waals surface area contributed by atoms with Gasteiger partial charge in [0, 0.05) is 38.0 Å². The van der Waals surface area contributed by atoms with Crippen LogP contribution < -0.4 is 0 Å². The summed E-state index contributed by atoms with van der Waals surface area (Å²) >= 11 is 1.71. The van der Waals surface area contributed by atoms with E-state index in [1.807, 2.05) is 23.1 Å². The third-order valence-electron chi connectivity index (χ3n) is 6.65. The molecule has 5 rings (SSSR count). The number of carbonyl (C=O) groups excluding carboxylic acids is 1. The zero-order chi connectivity index (χ0) is 23.0. The molecule has 1 aromatic heterocycles. The van der Waals surface area contributed by atoms with Crippen molar-refractivity contribution in [1.29, 1.82) is 0 Å². The number of likely N-dealkylation sites (tertiary alicyclic amines) is 1. The molecule has 0 saturated carbocycles. The number of fused-ring (bicyclic) bond motifs is 1. The Bertz CT molecular complexity index is 1220. The van der Waals surface area contributed by atoms with Crippen LogP contribution in [0.15, 0.2) is 53.4 Å². The Morgan fingerprint density at radius 1 is 1.00 bits per heavy atom. The predicted molar refractivity (Wildman–Crippen MR) is 126 cm³/mol. The molecule has 0 spiro atoms. The smallest absolute Gasteiger partial charge is 0.243 e. The lowest BCUT2D eigenvalue weighted by Gasteiger charge is -2.37. The number of carbonyl (C=O) groups is 1. The highest BCUT2D eigenvalue weighted by molar-refractivity contribution is 7.89. The Hall–Kier alpha value is -2.36. The number of halogens is 1. The van der Waals surface area contributed by atoms with E-state index in [1.54, 1.807) is 11.3 Å². The van der Waals surface area contributed by atoms with Gasteiger partial charge in [-0.25, -0.2) is 17.8 Å². The van der Waals surface area contributed by atoms with Crippen molar-refractivity contribution in [1.82, 2.24) is 14.2 Å². The van der Waals surface area contributed by atoms with Gasteiger partial charge in [0.2, 0.25) is 15.9 Å². The summed E-state index contributed by atoms with van der Waals surface area (Å²) in [6.07, 6.45) is 2.98. The lowest BCUT2D eigenvalue weighted by atomic mass is 9.93. The summed E-state index contributed by atoms with van der Waals surface area (Å²) in [5, 5.41) is 1.09. The molecule has 2 aromatic carbocycles. The maximum Gasteiger partial charge on any atom is 0.243 e. The molecule has 3 heterocycles. The van der Waals surface area contributed by atoms with Crippen LogP contribution in [-0.2, 0) is 14.8 Å². The molecule has 33 heavy (non-hydrogen) atoms. The van der Waals surface area contributed by atoms with Crippen LogP contribution in [0.5, 0.6) is 0 Å². The Morgan fingerprint density at radius 2 is 1.73 bits per heavy atom. The molecule has 2 aliphatic rings. The quantitative estimate of drug-likeness (QED) is 0.552. The Morgan fingerprint density at radius 3 is 2.45 bits per heavy atom. The van der Waals surface area contributed by atoms with Crippen molar-refractivity contribution in [3.05, 3.63) is 59.4 Å². The van der Waals surface area contributed by atoms with E-state index in [0.29, 0.717) is 32.5 Å². The minimum absolute atomic E-state index is 0.0865. The number of nitrogens with zero attached hydrogens (tertiary/aromatic N) is 3. The third-order valence-corrected chi connectivity index (χ3v) is 9.76. The molecule has 3 aromatic rings. The third kappa shape index (κ3) is 4.54. The second-order valence-electron chi connectivity index (χ2n) is 8.78. The van der Waals surface area contributed by atoms with Gasteiger partial charge in [-0.1, -0.05) is 12.1 Å². The topological polar surface area (TPSA) is 70.6 Å². The predicted octanol–water partition coefficient (Wildman–Crippen LogP) is 4.24. The van der Waals surface area contributed by atoms with Gasteiger partial charge >= 0.3 is 0 Å². The van der Waals surface area contributed by atoms with Crippen molar-refractivity contribution >= 4 is 37.5 Å². The Labute approximate surface area is 197 Å². The number of para-hydroxylation sites is 1. The zero-order valence-electron chi connectivity index (χ0n) is 18.2. The van der Waals surface area contributed by atoms with Crippen molar-refractivity contribution in [2.24, 2.45) is 5.92 Å². The molecule has 174 valence electrons. The summed E-state index contributed by atoms with van der Waals surface area (Å²) in [5.41, 5.74) is 1.01. The van der Waals surface area contributed by atoms with Crippen LogP contribution in [0.2, 0.25) is 0 Å². The summed E-state index contributed by atoms with van der Waals surface area (Å²) in [7, 11) is -3.68. The van der Waals surface area contributed by atoms with Gasteiger partial charge in [0.05, 0.1) is 20.1 Å². The highest BCUT2D eigenvalue weighted by Gasteiger charge is 2.35. The molecule has 0 unspecified atom stereocenters. The van der Waals surface area contributed by atoms with Crippen molar-refractivity contribution in [2.45, 2.75) is 36.5 Å². The van der Waals surface area contributed by atoms with Crippen LogP contribution in [0, 0.1) is 11.7 Å². The fourth-order valence-electron chi connectivity index (χ4n) is 4.80. The van der Waals surface area contributed by atoms with Gasteiger partial charge in [-0.15, -0.1) is 11.3 Å². The van der Waals surface area contributed by atoms with Crippen LogP contribution in [0.3, 0.4) is 0 Å². The first-order chi connectivity index (χ1) is 15.9. The van der Waals surface area contributed by atoms with E-state index in [0.717, 1.165) is 42.0 Å². The summed E-state index contributed by atoms with van der Waals surface area (Å²) in [6.45, 7) is 2.01. The lowest BCUT2D eigenvalue weighted by molar-refractivity contribution is -0.138. The molecule has 9 heteroatoms. The van der Waals surface area contributed by atoms with Gasteiger partial charge in [0.1, 0.15) is 5.82 Å². The average Bonchev–Trinajstić information content (AvgIpc) is 3.28. The summed E-state index contributed by atoms with van der Waals surface area (Å²) in [5.74, 6) is -0.263. The summed E-state index contributed by atoms with van der Waals surface area (Å²) in [4.78, 5) is 20.1. The standard InChI is InChI=1S/C24H26FN3O3S2/c25-19-7-9-20(10-8-19)33(30,31)28-14-11-17(12-15-28)24(29)27-13-3-4-18(16-27)23-26-21-5-1-2-6-22(21)32-23/h1-2,5-10,17-18H,3-4,11-16H2/t18-/m1/s1. The second-order valence-corrected chi connectivity index (χ2v) is 11.8. The molecular weight excluding hydrogens is 461 g/mol. The molecule has 2 fully saturated rings. The summed E-state index contributed by atoms with van der Waals surface area (Å²) in [6, 6.07) is 13.0. The molecule has 6 nitrogen and oxygen atoms in total. The number of benzene rings is 2. The van der Waals surface area contributed by atoms with E-state index in [2.05, 4.69) is 6.07 Å². The van der Waals surface area contributed by atoms with Crippen molar-refractivity contribution in [2.75, 3.05) is 26.2 Å². The Kier molecular flexibility index (Phi) is 6.20. The average molecular weight is 488 g/mol. The lowest BCUT2D eigenvalue weighted by Crippen LogP contribution is -2.46. The van der Waals surface area contributed by atoms with Gasteiger partial charge in [0.25, 0.3) is 0 Å². The number of hydrogen-bond donors (Lipinski definition) is 0. The maximum atomic E-state index is 13.3. The maximum absolute atomic E-state index is 13.3. The largest absolute Gasteiger partial charge is 0.342 e. The van der Waals surface area contributed by atoms with Crippen LogP contribution >= 0.6 is 11.3 Å². The molecule has 0 N–H and O–H groups in total. The molecule has 1 amide bonds. The molecule has 0 bridgehead atoms. The van der Waals surface area contributed by atoms with Crippen molar-refractivity contribution < 1.29 is 17.6 Å². The van der Waals surface area contributed by atoms with Crippen LogP contribution in [-0.4, -0.2) is 54.7 Å². The fourth-order valence-corrected chi connectivity index (χ4v) is 7.36. The highest BCUT2D eigenvalue weighted by Crippen LogP contribution is 2.34. The monoisotopic (exact) mass is 487 g/mol. The molecule has 1 atom stereocenters. The minimum Gasteiger partial charge on any atom is -0.342 e. The van der Waals surface area contributed by atoms with Gasteiger partial charge < -0.3 is 4.90 Å². The first-order valence-corrected chi connectivity index (χ1v) is 13.6. The molecular formula is C24H26FN3O3S2. The van der Waals surface area contributed by atoms with Gasteiger partial charge in [-0.05, 0) is 62.1 Å². The zero-order valence-corrected chi connectivity index (χ0v) is 19.8. The molecule has 0 aliphatic carbocycles. The van der Waals surface area contributed by atoms with Gasteiger partial charge in [-0.2, -0.15) is 4.31 Å². The highest BCUT2D eigenvalue weighted by atomic mass is 32.2. The number of sulfonamides is 1. The van der Waals surface area contributed by atoms with Crippen LogP contribution in [0.4, 0.5) is 4.39 Å². The van der Waals surface area contributed by atoms with E-state index in [1.165, 1.54) is 21.1 Å².